The number of carbonyl (C=O) groups is 2. The second-order valence-electron chi connectivity index (χ2n) is 7.36. The van der Waals surface area contributed by atoms with Gasteiger partial charge in [-0.05, 0) is 30.3 Å². The highest BCUT2D eigenvalue weighted by Gasteiger charge is 2.12. The average Bonchev–Trinajstić information content (AvgIpc) is 3.21. The summed E-state index contributed by atoms with van der Waals surface area (Å²) >= 11 is 1.49. The van der Waals surface area contributed by atoms with Crippen molar-refractivity contribution in [3.63, 3.8) is 0 Å². The highest BCUT2D eigenvalue weighted by atomic mass is 32.2. The van der Waals surface area contributed by atoms with Crippen molar-refractivity contribution >= 4 is 40.2 Å². The number of ether oxygens (including phenoxy) is 1. The van der Waals surface area contributed by atoms with Crippen LogP contribution in [-0.4, -0.2) is 35.8 Å². The first kappa shape index (κ1) is 22.5. The van der Waals surface area contributed by atoms with Gasteiger partial charge in [0.25, 0.3) is 5.91 Å². The summed E-state index contributed by atoms with van der Waals surface area (Å²) in [5.41, 5.74) is 2.37. The number of nitrogens with zero attached hydrogens (tertiary/aromatic N) is 1. The molecular weight excluding hydrogens is 434 g/mol. The van der Waals surface area contributed by atoms with E-state index in [1.807, 2.05) is 66.9 Å². The Morgan fingerprint density at radius 1 is 0.939 bits per heavy atom. The Balaban J connectivity index is 1.39. The van der Waals surface area contributed by atoms with E-state index in [0.717, 1.165) is 15.8 Å². The van der Waals surface area contributed by atoms with Crippen LogP contribution in [0.2, 0.25) is 0 Å². The topological polar surface area (TPSA) is 72.4 Å². The highest BCUT2D eigenvalue weighted by molar-refractivity contribution is 8.00. The van der Waals surface area contributed by atoms with E-state index in [4.69, 9.17) is 4.74 Å². The Bertz CT molecular complexity index is 1250. The van der Waals surface area contributed by atoms with Gasteiger partial charge in [0.15, 0.2) is 0 Å². The first-order chi connectivity index (χ1) is 16.2. The number of hydrogen-bond donors (Lipinski definition) is 2. The number of hydrogen-bond acceptors (Lipinski definition) is 4. The summed E-state index contributed by atoms with van der Waals surface area (Å²) in [4.78, 5) is 25.9. The maximum absolute atomic E-state index is 12.5. The molecule has 0 saturated heterocycles. The van der Waals surface area contributed by atoms with Crippen molar-refractivity contribution in [2.24, 2.45) is 0 Å². The minimum atomic E-state index is -0.101. The number of nitrogens with one attached hydrogen (secondary N) is 2. The molecule has 0 fully saturated rings. The molecule has 7 heteroatoms. The number of methoxy groups -OCH3 is 1. The van der Waals surface area contributed by atoms with Gasteiger partial charge in [-0.25, -0.2) is 0 Å². The zero-order chi connectivity index (χ0) is 23.0. The van der Waals surface area contributed by atoms with Gasteiger partial charge in [0, 0.05) is 40.6 Å². The smallest absolute Gasteiger partial charge is 0.251 e. The van der Waals surface area contributed by atoms with Gasteiger partial charge in [-0.1, -0.05) is 48.5 Å². The summed E-state index contributed by atoms with van der Waals surface area (Å²) < 4.78 is 7.41. The monoisotopic (exact) mass is 459 g/mol. The van der Waals surface area contributed by atoms with Crippen LogP contribution in [0.15, 0.2) is 90.0 Å². The van der Waals surface area contributed by atoms with E-state index in [2.05, 4.69) is 21.3 Å². The summed E-state index contributed by atoms with van der Waals surface area (Å²) in [7, 11) is 1.58. The van der Waals surface area contributed by atoms with Gasteiger partial charge in [0.1, 0.15) is 5.75 Å². The molecule has 1 heterocycles. The van der Waals surface area contributed by atoms with Crippen LogP contribution in [0.1, 0.15) is 10.4 Å². The lowest BCUT2D eigenvalue weighted by molar-refractivity contribution is -0.113. The summed E-state index contributed by atoms with van der Waals surface area (Å²) in [6.07, 6.45) is 2.04. The maximum Gasteiger partial charge on any atom is 0.251 e. The third-order valence-corrected chi connectivity index (χ3v) is 6.21. The third-order valence-electron chi connectivity index (χ3n) is 5.17. The second kappa shape index (κ2) is 10.7. The van der Waals surface area contributed by atoms with Crippen molar-refractivity contribution in [3.8, 4) is 5.75 Å². The molecular formula is C26H25N3O3S. The average molecular weight is 460 g/mol. The third kappa shape index (κ3) is 5.56. The van der Waals surface area contributed by atoms with Crippen LogP contribution in [0.25, 0.3) is 10.9 Å². The normalized spacial score (nSPS) is 10.7. The molecule has 2 N–H and O–H groups in total. The molecule has 1 aromatic heterocycles. The van der Waals surface area contributed by atoms with E-state index in [9.17, 15) is 9.59 Å². The first-order valence-electron chi connectivity index (χ1n) is 10.6. The molecule has 168 valence electrons. The lowest BCUT2D eigenvalue weighted by Crippen LogP contribution is -2.26. The van der Waals surface area contributed by atoms with E-state index >= 15 is 0 Å². The minimum absolute atomic E-state index is 0.0883. The van der Waals surface area contributed by atoms with Crippen molar-refractivity contribution in [2.75, 3.05) is 24.7 Å². The molecule has 6 nitrogen and oxygen atoms in total. The fourth-order valence-corrected chi connectivity index (χ4v) is 4.46. The standard InChI is InChI=1S/C26H25N3O3S/c1-32-23-14-8-6-12-21(23)28-25(30)18-33-24-17-29(22-13-7-5-11-20(22)24)16-15-27-26(31)19-9-3-2-4-10-19/h2-14,17H,15-16,18H2,1H3,(H,27,31)(H,28,30). The molecule has 0 unspecified atom stereocenters. The van der Waals surface area contributed by atoms with Crippen molar-refractivity contribution in [1.82, 2.24) is 9.88 Å². The molecule has 0 radical (unpaired) electrons. The van der Waals surface area contributed by atoms with Crippen LogP contribution in [0.4, 0.5) is 5.69 Å². The van der Waals surface area contributed by atoms with Gasteiger partial charge in [0.05, 0.1) is 18.6 Å². The number of benzene rings is 3. The Labute approximate surface area is 196 Å². The highest BCUT2D eigenvalue weighted by Crippen LogP contribution is 2.30. The van der Waals surface area contributed by atoms with Gasteiger partial charge in [-0.3, -0.25) is 9.59 Å². The van der Waals surface area contributed by atoms with Crippen molar-refractivity contribution < 1.29 is 14.3 Å². The predicted molar refractivity (Wildman–Crippen MR) is 133 cm³/mol. The predicted octanol–water partition coefficient (Wildman–Crippen LogP) is 4.81. The number of thioether (sulfide) groups is 1. The second-order valence-corrected chi connectivity index (χ2v) is 8.38. The van der Waals surface area contributed by atoms with Crippen LogP contribution in [0.3, 0.4) is 0 Å². The summed E-state index contributed by atoms with van der Waals surface area (Å²) in [5.74, 6) is 0.715. The molecule has 33 heavy (non-hydrogen) atoms. The molecule has 0 aliphatic carbocycles. The number of rotatable bonds is 9. The van der Waals surface area contributed by atoms with Crippen LogP contribution >= 0.6 is 11.8 Å². The fraction of sp³-hybridized carbons (Fsp3) is 0.154. The molecule has 2 amide bonds. The maximum atomic E-state index is 12.5. The first-order valence-corrected chi connectivity index (χ1v) is 11.6. The Morgan fingerprint density at radius 2 is 1.67 bits per heavy atom. The van der Waals surface area contributed by atoms with Crippen molar-refractivity contribution in [3.05, 3.63) is 90.6 Å². The van der Waals surface area contributed by atoms with E-state index in [0.29, 0.717) is 30.1 Å². The van der Waals surface area contributed by atoms with Crippen LogP contribution in [0, 0.1) is 0 Å². The lowest BCUT2D eigenvalue weighted by atomic mass is 10.2. The van der Waals surface area contributed by atoms with Crippen LogP contribution in [-0.2, 0) is 11.3 Å². The number of para-hydroxylation sites is 3. The van der Waals surface area contributed by atoms with E-state index < -0.39 is 0 Å². The zero-order valence-corrected chi connectivity index (χ0v) is 19.1. The Kier molecular flexibility index (Phi) is 7.32. The zero-order valence-electron chi connectivity index (χ0n) is 18.3. The molecule has 4 rings (SSSR count). The number of anilines is 1. The molecule has 0 spiro atoms. The summed E-state index contributed by atoms with van der Waals surface area (Å²) in [6.45, 7) is 1.14. The van der Waals surface area contributed by atoms with Crippen molar-refractivity contribution in [1.29, 1.82) is 0 Å². The number of aromatic nitrogens is 1. The van der Waals surface area contributed by atoms with Gasteiger partial charge in [-0.2, -0.15) is 0 Å². The van der Waals surface area contributed by atoms with Gasteiger partial charge in [-0.15, -0.1) is 11.8 Å². The number of fused-ring (bicyclic) bond motifs is 1. The van der Waals surface area contributed by atoms with Crippen LogP contribution in [0.5, 0.6) is 5.75 Å². The lowest BCUT2D eigenvalue weighted by Gasteiger charge is -2.09. The number of carbonyl (C=O) groups excluding carboxylic acids is 2. The molecule has 0 aliphatic heterocycles. The van der Waals surface area contributed by atoms with E-state index in [1.54, 1.807) is 19.2 Å². The number of amides is 2. The van der Waals surface area contributed by atoms with Crippen molar-refractivity contribution in [2.45, 2.75) is 11.4 Å². The van der Waals surface area contributed by atoms with Gasteiger partial charge < -0.3 is 19.9 Å². The Morgan fingerprint density at radius 3 is 2.48 bits per heavy atom. The molecule has 4 aromatic rings. The molecule has 0 bridgehead atoms. The van der Waals surface area contributed by atoms with E-state index in [1.165, 1.54) is 11.8 Å². The van der Waals surface area contributed by atoms with Gasteiger partial charge >= 0.3 is 0 Å². The molecule has 0 aliphatic rings. The SMILES string of the molecule is COc1ccccc1NC(=O)CSc1cn(CCNC(=O)c2ccccc2)c2ccccc12. The minimum Gasteiger partial charge on any atom is -0.495 e. The largest absolute Gasteiger partial charge is 0.495 e. The Hall–Kier alpha value is -3.71. The fourth-order valence-electron chi connectivity index (χ4n) is 3.57. The quantitative estimate of drug-likeness (QED) is 0.352. The van der Waals surface area contributed by atoms with E-state index in [-0.39, 0.29) is 17.6 Å². The molecule has 3 aromatic carbocycles. The van der Waals surface area contributed by atoms with Crippen LogP contribution < -0.4 is 15.4 Å². The molecule has 0 saturated carbocycles. The molecule has 0 atom stereocenters. The van der Waals surface area contributed by atoms with Gasteiger partial charge in [0.2, 0.25) is 5.91 Å². The summed E-state index contributed by atoms with van der Waals surface area (Å²) in [6, 6.07) is 24.6. The summed E-state index contributed by atoms with van der Waals surface area (Å²) in [5, 5.41) is 6.96.